The summed E-state index contributed by atoms with van der Waals surface area (Å²) in [6.07, 6.45) is 4.30. The number of benzene rings is 3. The van der Waals surface area contributed by atoms with Gasteiger partial charge in [-0.25, -0.2) is 4.68 Å². The molecule has 0 aliphatic carbocycles. The van der Waals surface area contributed by atoms with Crippen LogP contribution in [0.25, 0.3) is 23.0 Å². The number of amides is 1. The zero-order chi connectivity index (χ0) is 24.6. The second-order valence-electron chi connectivity index (χ2n) is 8.08. The van der Waals surface area contributed by atoms with Crippen molar-refractivity contribution in [1.82, 2.24) is 9.78 Å². The van der Waals surface area contributed by atoms with E-state index in [9.17, 15) is 10.1 Å². The molecule has 4 aromatic rings. The van der Waals surface area contributed by atoms with Gasteiger partial charge in [-0.05, 0) is 55.8 Å². The number of carbonyl (C=O) groups excluding carboxylic acids is 1. The van der Waals surface area contributed by atoms with Crippen LogP contribution in [0.5, 0.6) is 5.75 Å². The fourth-order valence-corrected chi connectivity index (χ4v) is 3.52. The number of nitrogens with one attached hydrogen (secondary N) is 1. The molecule has 1 N–H and O–H groups in total. The Bertz CT molecular complexity index is 1380. The van der Waals surface area contributed by atoms with Crippen LogP contribution in [0.3, 0.4) is 0 Å². The normalized spacial score (nSPS) is 11.1. The molecule has 1 amide bonds. The van der Waals surface area contributed by atoms with Gasteiger partial charge in [-0.3, -0.25) is 4.79 Å². The first kappa shape index (κ1) is 23.5. The fourth-order valence-electron chi connectivity index (χ4n) is 3.52. The minimum Gasteiger partial charge on any atom is -0.494 e. The molecule has 4 rings (SSSR count). The van der Waals surface area contributed by atoms with Crippen LogP contribution in [-0.2, 0) is 4.79 Å². The molecule has 0 unspecified atom stereocenters. The number of aromatic nitrogens is 2. The van der Waals surface area contributed by atoms with E-state index in [0.29, 0.717) is 23.6 Å². The summed E-state index contributed by atoms with van der Waals surface area (Å²) in [6.45, 7) is 4.65. The van der Waals surface area contributed by atoms with Gasteiger partial charge in [0.05, 0.1) is 12.3 Å². The molecular formula is C29H26N4O2. The average Bonchev–Trinajstić information content (AvgIpc) is 3.32. The highest BCUT2D eigenvalue weighted by molar-refractivity contribution is 6.10. The number of carbonyl (C=O) groups is 1. The van der Waals surface area contributed by atoms with E-state index in [1.54, 1.807) is 10.8 Å². The molecule has 1 heterocycles. The van der Waals surface area contributed by atoms with Crippen molar-refractivity contribution in [2.24, 2.45) is 0 Å². The first-order chi connectivity index (χ1) is 17.1. The SMILES string of the molecule is CCCOc1cccc(-c2nn(-c3ccccc3)cc2/C=C(/C#N)C(=O)Nc2ccc(C)cc2)c1. The Morgan fingerprint density at radius 1 is 1.09 bits per heavy atom. The van der Waals surface area contributed by atoms with E-state index >= 15 is 0 Å². The van der Waals surface area contributed by atoms with Gasteiger partial charge in [0.25, 0.3) is 5.91 Å². The van der Waals surface area contributed by atoms with Gasteiger partial charge in [0.15, 0.2) is 0 Å². The number of nitrogens with zero attached hydrogens (tertiary/aromatic N) is 3. The minimum atomic E-state index is -0.477. The highest BCUT2D eigenvalue weighted by atomic mass is 16.5. The predicted molar refractivity (Wildman–Crippen MR) is 138 cm³/mol. The van der Waals surface area contributed by atoms with E-state index in [1.807, 2.05) is 98.1 Å². The van der Waals surface area contributed by atoms with Crippen LogP contribution < -0.4 is 10.1 Å². The summed E-state index contributed by atoms with van der Waals surface area (Å²) in [5.41, 5.74) is 4.69. The van der Waals surface area contributed by atoms with Crippen LogP contribution >= 0.6 is 0 Å². The molecule has 0 saturated heterocycles. The third-order valence-corrected chi connectivity index (χ3v) is 5.32. The first-order valence-corrected chi connectivity index (χ1v) is 11.5. The van der Waals surface area contributed by atoms with Gasteiger partial charge in [-0.15, -0.1) is 0 Å². The molecule has 6 heteroatoms. The van der Waals surface area contributed by atoms with Crippen molar-refractivity contribution in [3.05, 3.63) is 102 Å². The third kappa shape index (κ3) is 5.84. The maximum Gasteiger partial charge on any atom is 0.266 e. The van der Waals surface area contributed by atoms with Gasteiger partial charge in [0.1, 0.15) is 23.1 Å². The van der Waals surface area contributed by atoms with Crippen molar-refractivity contribution in [3.8, 4) is 28.8 Å². The van der Waals surface area contributed by atoms with Crippen LogP contribution in [-0.4, -0.2) is 22.3 Å². The lowest BCUT2D eigenvalue weighted by molar-refractivity contribution is -0.112. The summed E-state index contributed by atoms with van der Waals surface area (Å²) in [5.74, 6) is 0.265. The summed E-state index contributed by atoms with van der Waals surface area (Å²) in [7, 11) is 0. The second-order valence-corrected chi connectivity index (χ2v) is 8.08. The number of ether oxygens (including phenoxy) is 1. The Labute approximate surface area is 205 Å². The first-order valence-electron chi connectivity index (χ1n) is 11.5. The van der Waals surface area contributed by atoms with E-state index in [-0.39, 0.29) is 5.57 Å². The Balaban J connectivity index is 1.74. The van der Waals surface area contributed by atoms with Crippen LogP contribution in [0.4, 0.5) is 5.69 Å². The topological polar surface area (TPSA) is 79.9 Å². The monoisotopic (exact) mass is 462 g/mol. The van der Waals surface area contributed by atoms with Crippen molar-refractivity contribution in [2.45, 2.75) is 20.3 Å². The van der Waals surface area contributed by atoms with Crippen molar-refractivity contribution >= 4 is 17.7 Å². The maximum atomic E-state index is 12.9. The quantitative estimate of drug-likeness (QED) is 0.250. The molecule has 174 valence electrons. The summed E-state index contributed by atoms with van der Waals surface area (Å²) >= 11 is 0. The lowest BCUT2D eigenvalue weighted by Gasteiger charge is -2.07. The van der Waals surface area contributed by atoms with Gasteiger partial charge >= 0.3 is 0 Å². The third-order valence-electron chi connectivity index (χ3n) is 5.32. The van der Waals surface area contributed by atoms with Crippen LogP contribution in [0, 0.1) is 18.3 Å². The summed E-state index contributed by atoms with van der Waals surface area (Å²) in [4.78, 5) is 12.9. The van der Waals surface area contributed by atoms with E-state index < -0.39 is 5.91 Å². The van der Waals surface area contributed by atoms with Crippen LogP contribution in [0.1, 0.15) is 24.5 Å². The summed E-state index contributed by atoms with van der Waals surface area (Å²) in [6, 6.07) is 26.8. The lowest BCUT2D eigenvalue weighted by atomic mass is 10.1. The van der Waals surface area contributed by atoms with Crippen molar-refractivity contribution in [2.75, 3.05) is 11.9 Å². The molecule has 0 aliphatic heterocycles. The van der Waals surface area contributed by atoms with E-state index in [0.717, 1.165) is 29.0 Å². The van der Waals surface area contributed by atoms with Crippen molar-refractivity contribution in [1.29, 1.82) is 5.26 Å². The Morgan fingerprint density at radius 2 is 1.86 bits per heavy atom. The number of para-hydroxylation sites is 1. The Hall–Kier alpha value is -4.63. The fraction of sp³-hybridized carbons (Fsp3) is 0.138. The van der Waals surface area contributed by atoms with Gasteiger partial charge in [-0.2, -0.15) is 10.4 Å². The number of hydrogen-bond donors (Lipinski definition) is 1. The molecule has 35 heavy (non-hydrogen) atoms. The maximum absolute atomic E-state index is 12.9. The minimum absolute atomic E-state index is 0.0159. The van der Waals surface area contributed by atoms with Crippen molar-refractivity contribution in [3.63, 3.8) is 0 Å². The molecule has 0 fully saturated rings. The van der Waals surface area contributed by atoms with Gasteiger partial charge in [-0.1, -0.05) is 55.0 Å². The highest BCUT2D eigenvalue weighted by Crippen LogP contribution is 2.29. The van der Waals surface area contributed by atoms with Crippen molar-refractivity contribution < 1.29 is 9.53 Å². The largest absolute Gasteiger partial charge is 0.494 e. The summed E-state index contributed by atoms with van der Waals surface area (Å²) in [5, 5.41) is 17.4. The highest BCUT2D eigenvalue weighted by Gasteiger charge is 2.16. The number of rotatable bonds is 8. The number of anilines is 1. The smallest absolute Gasteiger partial charge is 0.266 e. The molecule has 0 spiro atoms. The zero-order valence-corrected chi connectivity index (χ0v) is 19.7. The molecule has 0 bridgehead atoms. The lowest BCUT2D eigenvalue weighted by Crippen LogP contribution is -2.13. The molecule has 0 radical (unpaired) electrons. The second kappa shape index (κ2) is 11.0. The summed E-state index contributed by atoms with van der Waals surface area (Å²) < 4.78 is 7.54. The van der Waals surface area contributed by atoms with E-state index in [4.69, 9.17) is 9.84 Å². The molecule has 1 aromatic heterocycles. The standard InChI is InChI=1S/C29H26N4O2/c1-3-16-35-27-11-7-8-22(18-27)28-24(20-33(32-28)26-9-5-4-6-10-26)17-23(19-30)29(34)31-25-14-12-21(2)13-15-25/h4-15,17-18,20H,3,16H2,1-2H3,(H,31,34)/b23-17-. The molecule has 0 saturated carbocycles. The van der Waals surface area contributed by atoms with Gasteiger partial charge in [0.2, 0.25) is 0 Å². The number of aryl methyl sites for hydroxylation is 1. The molecular weight excluding hydrogens is 436 g/mol. The Kier molecular flexibility index (Phi) is 7.39. The average molecular weight is 463 g/mol. The zero-order valence-electron chi connectivity index (χ0n) is 19.7. The molecule has 6 nitrogen and oxygen atoms in total. The van der Waals surface area contributed by atoms with Gasteiger partial charge < -0.3 is 10.1 Å². The number of hydrogen-bond acceptors (Lipinski definition) is 4. The Morgan fingerprint density at radius 3 is 2.57 bits per heavy atom. The van der Waals surface area contributed by atoms with E-state index in [1.165, 1.54) is 0 Å². The molecule has 0 atom stereocenters. The van der Waals surface area contributed by atoms with Gasteiger partial charge in [0, 0.05) is 23.0 Å². The molecule has 3 aromatic carbocycles. The van der Waals surface area contributed by atoms with Crippen LogP contribution in [0.2, 0.25) is 0 Å². The van der Waals surface area contributed by atoms with Crippen LogP contribution in [0.15, 0.2) is 90.6 Å². The predicted octanol–water partition coefficient (Wildman–Crippen LogP) is 6.18. The molecule has 0 aliphatic rings. The van der Waals surface area contributed by atoms with E-state index in [2.05, 4.69) is 12.2 Å². The number of nitriles is 1.